The standard InChI is InChI=1S/C21H30N2O2/c1-15(2)20(24)22-13-16-7-6-12-23(14-16)21(25)19-11-5-9-17-8-3-4-10-18(17)19/h3-4,8,10,15-16,19H,5-7,9,11-14H2,1-2H3,(H,22,24)/t16-,19-/m1/s1. The van der Waals surface area contributed by atoms with Gasteiger partial charge in [-0.2, -0.15) is 0 Å². The summed E-state index contributed by atoms with van der Waals surface area (Å²) in [4.78, 5) is 27.0. The van der Waals surface area contributed by atoms with Crippen LogP contribution in [0.4, 0.5) is 0 Å². The smallest absolute Gasteiger partial charge is 0.230 e. The number of carbonyl (C=O) groups excluding carboxylic acids is 2. The molecule has 1 aliphatic heterocycles. The lowest BCUT2D eigenvalue weighted by molar-refractivity contribution is -0.135. The summed E-state index contributed by atoms with van der Waals surface area (Å²) in [7, 11) is 0. The van der Waals surface area contributed by atoms with Crippen molar-refractivity contribution in [2.75, 3.05) is 19.6 Å². The zero-order valence-electron chi connectivity index (χ0n) is 15.5. The van der Waals surface area contributed by atoms with E-state index in [9.17, 15) is 9.59 Å². The number of hydrogen-bond acceptors (Lipinski definition) is 2. The van der Waals surface area contributed by atoms with Crippen molar-refractivity contribution in [1.29, 1.82) is 0 Å². The lowest BCUT2D eigenvalue weighted by Gasteiger charge is -2.36. The summed E-state index contributed by atoms with van der Waals surface area (Å²) >= 11 is 0. The molecule has 4 nitrogen and oxygen atoms in total. The molecule has 1 aromatic rings. The maximum Gasteiger partial charge on any atom is 0.230 e. The topological polar surface area (TPSA) is 49.4 Å². The van der Waals surface area contributed by atoms with E-state index in [1.54, 1.807) is 0 Å². The first-order valence-corrected chi connectivity index (χ1v) is 9.70. The Hall–Kier alpha value is -1.84. The highest BCUT2D eigenvalue weighted by molar-refractivity contribution is 5.84. The fourth-order valence-electron chi connectivity index (χ4n) is 4.11. The van der Waals surface area contributed by atoms with Crippen LogP contribution in [0.2, 0.25) is 0 Å². The van der Waals surface area contributed by atoms with Crippen molar-refractivity contribution in [1.82, 2.24) is 10.2 Å². The molecule has 0 spiro atoms. The Bertz CT molecular complexity index is 626. The zero-order chi connectivity index (χ0) is 17.8. The second-order valence-corrected chi connectivity index (χ2v) is 7.84. The van der Waals surface area contributed by atoms with Gasteiger partial charge in [0.1, 0.15) is 0 Å². The number of nitrogens with one attached hydrogen (secondary N) is 1. The highest BCUT2D eigenvalue weighted by Crippen LogP contribution is 2.33. The monoisotopic (exact) mass is 342 g/mol. The summed E-state index contributed by atoms with van der Waals surface area (Å²) in [6, 6.07) is 8.40. The number of amides is 2. The van der Waals surface area contributed by atoms with Crippen LogP contribution in [0.3, 0.4) is 0 Å². The van der Waals surface area contributed by atoms with Gasteiger partial charge < -0.3 is 10.2 Å². The van der Waals surface area contributed by atoms with E-state index in [4.69, 9.17) is 0 Å². The summed E-state index contributed by atoms with van der Waals surface area (Å²) in [6.45, 7) is 6.13. The Labute approximate surface area is 151 Å². The molecule has 2 atom stereocenters. The quantitative estimate of drug-likeness (QED) is 0.914. The molecule has 0 aromatic heterocycles. The van der Waals surface area contributed by atoms with Crippen molar-refractivity contribution >= 4 is 11.8 Å². The molecule has 2 amide bonds. The minimum atomic E-state index is 0.0140. The fourth-order valence-corrected chi connectivity index (χ4v) is 4.11. The Morgan fingerprint density at radius 3 is 2.80 bits per heavy atom. The summed E-state index contributed by atoms with van der Waals surface area (Å²) in [5, 5.41) is 3.03. The minimum absolute atomic E-state index is 0.0140. The molecule has 4 heteroatoms. The van der Waals surface area contributed by atoms with Gasteiger partial charge in [0.2, 0.25) is 11.8 Å². The molecule has 0 radical (unpaired) electrons. The van der Waals surface area contributed by atoms with E-state index in [1.165, 1.54) is 11.1 Å². The predicted molar refractivity (Wildman–Crippen MR) is 99.3 cm³/mol. The van der Waals surface area contributed by atoms with Crippen LogP contribution in [0.1, 0.15) is 56.6 Å². The fraction of sp³-hybridized carbons (Fsp3) is 0.619. The Morgan fingerprint density at radius 2 is 2.00 bits per heavy atom. The van der Waals surface area contributed by atoms with Gasteiger partial charge in [0, 0.05) is 25.6 Å². The number of nitrogens with zero attached hydrogens (tertiary/aromatic N) is 1. The molecular weight excluding hydrogens is 312 g/mol. The second kappa shape index (κ2) is 8.03. The maximum absolute atomic E-state index is 13.1. The van der Waals surface area contributed by atoms with Crippen LogP contribution in [0, 0.1) is 11.8 Å². The first kappa shape index (κ1) is 18.0. The van der Waals surface area contributed by atoms with Crippen molar-refractivity contribution in [3.63, 3.8) is 0 Å². The van der Waals surface area contributed by atoms with Gasteiger partial charge in [-0.05, 0) is 49.1 Å². The van der Waals surface area contributed by atoms with Crippen molar-refractivity contribution in [3.05, 3.63) is 35.4 Å². The summed E-state index contributed by atoms with van der Waals surface area (Å²) in [5.41, 5.74) is 2.57. The third kappa shape index (κ3) is 4.23. The molecule has 1 fully saturated rings. The van der Waals surface area contributed by atoms with Crippen LogP contribution >= 0.6 is 0 Å². The van der Waals surface area contributed by atoms with Gasteiger partial charge in [-0.3, -0.25) is 9.59 Å². The van der Waals surface area contributed by atoms with Gasteiger partial charge in [-0.1, -0.05) is 38.1 Å². The molecule has 136 valence electrons. The number of carbonyl (C=O) groups is 2. The number of fused-ring (bicyclic) bond motifs is 1. The average Bonchev–Trinajstić information content (AvgIpc) is 2.65. The van der Waals surface area contributed by atoms with Crippen LogP contribution in [0.15, 0.2) is 24.3 Å². The Balaban J connectivity index is 1.62. The number of hydrogen-bond donors (Lipinski definition) is 1. The van der Waals surface area contributed by atoms with E-state index < -0.39 is 0 Å². The van der Waals surface area contributed by atoms with Gasteiger partial charge >= 0.3 is 0 Å². The van der Waals surface area contributed by atoms with Gasteiger partial charge in [-0.25, -0.2) is 0 Å². The SMILES string of the molecule is CC(C)C(=O)NC[C@H]1CCCN(C(=O)[C@@H]2CCCc3ccccc32)C1. The molecule has 1 aliphatic carbocycles. The summed E-state index contributed by atoms with van der Waals surface area (Å²) < 4.78 is 0. The average molecular weight is 342 g/mol. The van der Waals surface area contributed by atoms with Crippen molar-refractivity contribution < 1.29 is 9.59 Å². The Kier molecular flexibility index (Phi) is 5.77. The zero-order valence-corrected chi connectivity index (χ0v) is 15.5. The molecule has 3 rings (SSSR count). The third-order valence-electron chi connectivity index (χ3n) is 5.59. The lowest BCUT2D eigenvalue weighted by Crippen LogP contribution is -2.46. The van der Waals surface area contributed by atoms with Crippen molar-refractivity contribution in [3.8, 4) is 0 Å². The molecule has 1 aromatic carbocycles. The summed E-state index contributed by atoms with van der Waals surface area (Å²) in [6.07, 6.45) is 5.26. The summed E-state index contributed by atoms with van der Waals surface area (Å²) in [5.74, 6) is 0.796. The second-order valence-electron chi connectivity index (χ2n) is 7.84. The van der Waals surface area contributed by atoms with Crippen LogP contribution in [-0.4, -0.2) is 36.3 Å². The van der Waals surface area contributed by atoms with E-state index in [2.05, 4.69) is 23.5 Å². The van der Waals surface area contributed by atoms with Crippen LogP contribution in [0.25, 0.3) is 0 Å². The molecule has 1 saturated heterocycles. The number of rotatable bonds is 4. The van der Waals surface area contributed by atoms with Gasteiger partial charge in [0.05, 0.1) is 5.92 Å². The molecule has 1 heterocycles. The maximum atomic E-state index is 13.1. The van der Waals surface area contributed by atoms with Gasteiger partial charge in [0.15, 0.2) is 0 Å². The molecule has 0 unspecified atom stereocenters. The number of likely N-dealkylation sites (tertiary alicyclic amines) is 1. The molecule has 1 N–H and O–H groups in total. The largest absolute Gasteiger partial charge is 0.356 e. The molecule has 25 heavy (non-hydrogen) atoms. The van der Waals surface area contributed by atoms with Crippen LogP contribution in [0.5, 0.6) is 0 Å². The minimum Gasteiger partial charge on any atom is -0.356 e. The number of benzene rings is 1. The molecule has 0 saturated carbocycles. The van der Waals surface area contributed by atoms with E-state index in [0.717, 1.165) is 45.2 Å². The van der Waals surface area contributed by atoms with Gasteiger partial charge in [-0.15, -0.1) is 0 Å². The molecular formula is C21H30N2O2. The van der Waals surface area contributed by atoms with Gasteiger partial charge in [0.25, 0.3) is 0 Å². The molecule has 2 aliphatic rings. The van der Waals surface area contributed by atoms with E-state index in [-0.39, 0.29) is 23.7 Å². The van der Waals surface area contributed by atoms with E-state index in [1.807, 2.05) is 24.8 Å². The number of aryl methyl sites for hydroxylation is 1. The van der Waals surface area contributed by atoms with Crippen LogP contribution < -0.4 is 5.32 Å². The third-order valence-corrected chi connectivity index (χ3v) is 5.59. The van der Waals surface area contributed by atoms with Crippen molar-refractivity contribution in [2.45, 2.75) is 51.9 Å². The predicted octanol–water partition coefficient (Wildman–Crippen LogP) is 3.12. The van der Waals surface area contributed by atoms with Crippen molar-refractivity contribution in [2.24, 2.45) is 11.8 Å². The Morgan fingerprint density at radius 1 is 1.20 bits per heavy atom. The van der Waals surface area contributed by atoms with Crippen LogP contribution in [-0.2, 0) is 16.0 Å². The molecule has 0 bridgehead atoms. The first-order valence-electron chi connectivity index (χ1n) is 9.70. The van der Waals surface area contributed by atoms with E-state index >= 15 is 0 Å². The number of piperidine rings is 1. The van der Waals surface area contributed by atoms with E-state index in [0.29, 0.717) is 12.5 Å². The highest BCUT2D eigenvalue weighted by atomic mass is 16.2. The normalized spacial score (nSPS) is 23.2. The lowest BCUT2D eigenvalue weighted by atomic mass is 9.81. The highest BCUT2D eigenvalue weighted by Gasteiger charge is 2.32. The first-order chi connectivity index (χ1) is 12.1.